The van der Waals surface area contributed by atoms with Crippen molar-refractivity contribution in [3.63, 3.8) is 0 Å². The predicted molar refractivity (Wildman–Crippen MR) is 109 cm³/mol. The molecule has 0 atom stereocenters. The predicted octanol–water partition coefficient (Wildman–Crippen LogP) is 4.97. The highest BCUT2D eigenvalue weighted by Gasteiger charge is 2.30. The van der Waals surface area contributed by atoms with Crippen LogP contribution in [0.4, 0.5) is 5.13 Å². The van der Waals surface area contributed by atoms with Gasteiger partial charge in [-0.1, -0.05) is 35.1 Å². The second-order valence-corrected chi connectivity index (χ2v) is 7.93. The van der Waals surface area contributed by atoms with E-state index < -0.39 is 0 Å². The number of amides is 1. The van der Waals surface area contributed by atoms with E-state index in [0.717, 1.165) is 51.6 Å². The van der Waals surface area contributed by atoms with Crippen LogP contribution in [0.15, 0.2) is 47.3 Å². The molecule has 4 aromatic rings. The van der Waals surface area contributed by atoms with Crippen molar-refractivity contribution >= 4 is 34.0 Å². The Hall–Kier alpha value is -2.90. The second-order valence-electron chi connectivity index (χ2n) is 6.53. The van der Waals surface area contributed by atoms with Crippen LogP contribution in [0.5, 0.6) is 0 Å². The number of aromatic nitrogens is 3. The molecule has 0 radical (unpaired) electrons. The number of halogens is 1. The Morgan fingerprint density at radius 1 is 1.29 bits per heavy atom. The highest BCUT2D eigenvalue weighted by atomic mass is 35.5. The molecule has 6 nitrogen and oxygen atoms in total. The van der Waals surface area contributed by atoms with Gasteiger partial charge in [-0.05, 0) is 31.0 Å². The molecule has 3 heterocycles. The number of carbonyl (C=O) groups is 1. The summed E-state index contributed by atoms with van der Waals surface area (Å²) >= 11 is 7.93. The number of thiazole rings is 1. The average Bonchev–Trinajstić information content (AvgIpc) is 3.38. The van der Waals surface area contributed by atoms with Crippen LogP contribution >= 0.6 is 22.9 Å². The molecule has 8 heteroatoms. The fourth-order valence-corrected chi connectivity index (χ4v) is 4.80. The Morgan fingerprint density at radius 2 is 2.14 bits per heavy atom. The van der Waals surface area contributed by atoms with Crippen LogP contribution in [0.25, 0.3) is 27.5 Å². The minimum Gasteiger partial charge on any atom is -0.472 e. The van der Waals surface area contributed by atoms with Crippen molar-refractivity contribution in [2.75, 3.05) is 5.32 Å². The maximum absolute atomic E-state index is 11.4. The molecule has 0 saturated heterocycles. The smallest absolute Gasteiger partial charge is 0.223 e. The Balaban J connectivity index is 1.74. The summed E-state index contributed by atoms with van der Waals surface area (Å²) in [6.45, 7) is 1.48. The van der Waals surface area contributed by atoms with Crippen LogP contribution in [0.3, 0.4) is 0 Å². The largest absolute Gasteiger partial charge is 0.472 e. The molecule has 1 aromatic carbocycles. The molecule has 1 N–H and O–H groups in total. The van der Waals surface area contributed by atoms with E-state index in [2.05, 4.69) is 10.3 Å². The summed E-state index contributed by atoms with van der Waals surface area (Å²) in [5, 5.41) is 8.92. The van der Waals surface area contributed by atoms with Crippen LogP contribution < -0.4 is 5.32 Å². The van der Waals surface area contributed by atoms with Crippen molar-refractivity contribution in [1.29, 1.82) is 0 Å². The number of para-hydroxylation sites is 1. The molecule has 0 saturated carbocycles. The molecular weight excluding hydrogens is 396 g/mol. The summed E-state index contributed by atoms with van der Waals surface area (Å²) in [5.74, 6) is -0.132. The molecule has 0 fully saturated rings. The first-order chi connectivity index (χ1) is 13.6. The van der Waals surface area contributed by atoms with Gasteiger partial charge in [0, 0.05) is 18.1 Å². The third-order valence-electron chi connectivity index (χ3n) is 4.67. The van der Waals surface area contributed by atoms with E-state index >= 15 is 0 Å². The van der Waals surface area contributed by atoms with Crippen LogP contribution in [0, 0.1) is 0 Å². The summed E-state index contributed by atoms with van der Waals surface area (Å²) in [4.78, 5) is 17.0. The average molecular weight is 411 g/mol. The van der Waals surface area contributed by atoms with Gasteiger partial charge in [-0.3, -0.25) is 4.79 Å². The quantitative estimate of drug-likeness (QED) is 0.517. The minimum atomic E-state index is -0.132. The third-order valence-corrected chi connectivity index (χ3v) is 6.01. The van der Waals surface area contributed by atoms with E-state index in [1.54, 1.807) is 12.5 Å². The van der Waals surface area contributed by atoms with Crippen molar-refractivity contribution in [3.8, 4) is 27.5 Å². The first-order valence-electron chi connectivity index (χ1n) is 8.79. The van der Waals surface area contributed by atoms with Crippen molar-refractivity contribution in [1.82, 2.24) is 14.8 Å². The maximum Gasteiger partial charge on any atom is 0.223 e. The first kappa shape index (κ1) is 17.2. The molecule has 0 bridgehead atoms. The van der Waals surface area contributed by atoms with Crippen molar-refractivity contribution in [2.45, 2.75) is 19.8 Å². The number of nitrogens with one attached hydrogen (secondary N) is 1. The number of anilines is 1. The van der Waals surface area contributed by atoms with Gasteiger partial charge < -0.3 is 9.73 Å². The molecule has 1 aliphatic rings. The Kier molecular flexibility index (Phi) is 4.07. The van der Waals surface area contributed by atoms with Crippen molar-refractivity contribution in [3.05, 3.63) is 59.1 Å². The van der Waals surface area contributed by atoms with E-state index in [1.165, 1.54) is 18.3 Å². The third kappa shape index (κ3) is 2.75. The minimum absolute atomic E-state index is 0.132. The topological polar surface area (TPSA) is 73.0 Å². The molecule has 3 aromatic heterocycles. The van der Waals surface area contributed by atoms with E-state index in [1.807, 2.05) is 35.0 Å². The number of nitrogens with zero attached hydrogens (tertiary/aromatic N) is 3. The standard InChI is InChI=1S/C20H15ClN4O2S/c1-11(26)22-20-23-15-7-6-13-17(19(15)28-20)24-25(16-5-3-2-4-14(16)21)18(13)12-8-9-27-10-12/h2-5,8-10H,6-7H2,1H3,(H,22,23,26). The molecule has 140 valence electrons. The summed E-state index contributed by atoms with van der Waals surface area (Å²) in [7, 11) is 0. The van der Waals surface area contributed by atoms with Gasteiger partial charge in [-0.15, -0.1) is 0 Å². The van der Waals surface area contributed by atoms with Gasteiger partial charge in [-0.2, -0.15) is 5.10 Å². The van der Waals surface area contributed by atoms with Gasteiger partial charge in [0.2, 0.25) is 5.91 Å². The number of carbonyl (C=O) groups excluding carboxylic acids is 1. The van der Waals surface area contributed by atoms with E-state index in [0.29, 0.717) is 10.2 Å². The van der Waals surface area contributed by atoms with Crippen molar-refractivity contribution < 1.29 is 9.21 Å². The molecule has 28 heavy (non-hydrogen) atoms. The zero-order valence-electron chi connectivity index (χ0n) is 14.9. The lowest BCUT2D eigenvalue weighted by molar-refractivity contribution is -0.114. The Morgan fingerprint density at radius 3 is 2.89 bits per heavy atom. The number of fused-ring (bicyclic) bond motifs is 3. The SMILES string of the molecule is CC(=O)Nc1nc2c(s1)-c1nn(-c3ccccc3Cl)c(-c3ccoc3)c1CC2. The Bertz CT molecular complexity index is 1190. The van der Waals surface area contributed by atoms with Crippen LogP contribution in [-0.2, 0) is 17.6 Å². The lowest BCUT2D eigenvalue weighted by atomic mass is 9.96. The zero-order valence-corrected chi connectivity index (χ0v) is 16.5. The number of rotatable bonds is 3. The maximum atomic E-state index is 11.4. The number of benzene rings is 1. The van der Waals surface area contributed by atoms with E-state index in [-0.39, 0.29) is 5.91 Å². The van der Waals surface area contributed by atoms with E-state index in [4.69, 9.17) is 21.1 Å². The number of hydrogen-bond donors (Lipinski definition) is 1. The lowest BCUT2D eigenvalue weighted by Crippen LogP contribution is -2.06. The number of hydrogen-bond acceptors (Lipinski definition) is 5. The fourth-order valence-electron chi connectivity index (χ4n) is 3.52. The molecule has 5 rings (SSSR count). The summed E-state index contributed by atoms with van der Waals surface area (Å²) in [6.07, 6.45) is 4.96. The molecule has 0 unspecified atom stereocenters. The Labute approximate surface area is 169 Å². The molecule has 1 aliphatic carbocycles. The normalized spacial score (nSPS) is 12.5. The van der Waals surface area contributed by atoms with Crippen LogP contribution in [-0.4, -0.2) is 20.7 Å². The second kappa shape index (κ2) is 6.61. The molecular formula is C20H15ClN4O2S. The van der Waals surface area contributed by atoms with E-state index in [9.17, 15) is 4.79 Å². The van der Waals surface area contributed by atoms with Gasteiger partial charge in [0.25, 0.3) is 0 Å². The summed E-state index contributed by atoms with van der Waals surface area (Å²) < 4.78 is 7.22. The highest BCUT2D eigenvalue weighted by Crippen LogP contribution is 2.44. The lowest BCUT2D eigenvalue weighted by Gasteiger charge is -2.11. The van der Waals surface area contributed by atoms with Gasteiger partial charge >= 0.3 is 0 Å². The summed E-state index contributed by atoms with van der Waals surface area (Å²) in [5.41, 5.74) is 5.70. The number of furan rings is 1. The van der Waals surface area contributed by atoms with Gasteiger partial charge in [-0.25, -0.2) is 9.67 Å². The molecule has 0 aliphatic heterocycles. The van der Waals surface area contributed by atoms with Crippen LogP contribution in [0.1, 0.15) is 18.2 Å². The van der Waals surface area contributed by atoms with Gasteiger partial charge in [0.1, 0.15) is 5.69 Å². The highest BCUT2D eigenvalue weighted by molar-refractivity contribution is 7.19. The number of aryl methyl sites for hydroxylation is 1. The molecule has 0 spiro atoms. The first-order valence-corrected chi connectivity index (χ1v) is 9.98. The summed E-state index contributed by atoms with van der Waals surface area (Å²) in [6, 6.07) is 9.56. The van der Waals surface area contributed by atoms with Gasteiger partial charge in [0.05, 0.1) is 39.5 Å². The van der Waals surface area contributed by atoms with Crippen LogP contribution in [0.2, 0.25) is 5.02 Å². The monoisotopic (exact) mass is 410 g/mol. The van der Waals surface area contributed by atoms with Gasteiger partial charge in [0.15, 0.2) is 5.13 Å². The van der Waals surface area contributed by atoms with Crippen molar-refractivity contribution in [2.24, 2.45) is 0 Å². The zero-order chi connectivity index (χ0) is 19.3. The molecule has 1 amide bonds. The fraction of sp³-hybridized carbons (Fsp3) is 0.150.